The van der Waals surface area contributed by atoms with Gasteiger partial charge in [-0.1, -0.05) is 36.1 Å². The molecule has 1 aliphatic carbocycles. The van der Waals surface area contributed by atoms with Crippen molar-refractivity contribution in [3.63, 3.8) is 0 Å². The molecule has 0 amide bonds. The molecule has 0 radical (unpaired) electrons. The Kier molecular flexibility index (Phi) is 6.25. The molecule has 0 heterocycles. The molecule has 1 aliphatic rings. The standard InChI is InChI=1S/C22H22F2O2/c1-25-13-3-6-16-4-2-5-17(14-16)7-8-18-9-12-21(26-22(23)24)20(15-18)19-10-11-19/h2,4-5,9,12,14-15,19,22H,7-8,10-11,13H2,1H3. The number of ether oxygens (including phenoxy) is 2. The fourth-order valence-corrected chi connectivity index (χ4v) is 2.97. The summed E-state index contributed by atoms with van der Waals surface area (Å²) < 4.78 is 34.7. The van der Waals surface area contributed by atoms with E-state index in [0.717, 1.165) is 42.4 Å². The third-order valence-electron chi connectivity index (χ3n) is 4.39. The van der Waals surface area contributed by atoms with E-state index >= 15 is 0 Å². The number of hydrogen-bond acceptors (Lipinski definition) is 2. The molecule has 26 heavy (non-hydrogen) atoms. The molecule has 3 rings (SSSR count). The van der Waals surface area contributed by atoms with E-state index in [0.29, 0.717) is 18.3 Å². The summed E-state index contributed by atoms with van der Waals surface area (Å²) in [5, 5.41) is 0. The van der Waals surface area contributed by atoms with Gasteiger partial charge in [-0.2, -0.15) is 8.78 Å². The first-order chi connectivity index (χ1) is 12.7. The summed E-state index contributed by atoms with van der Waals surface area (Å²) in [6.45, 7) is -2.36. The number of rotatable bonds is 7. The zero-order valence-electron chi connectivity index (χ0n) is 14.8. The Morgan fingerprint density at radius 1 is 1.08 bits per heavy atom. The molecule has 0 aliphatic heterocycles. The van der Waals surface area contributed by atoms with Crippen molar-refractivity contribution in [1.82, 2.24) is 0 Å². The summed E-state index contributed by atoms with van der Waals surface area (Å²) in [4.78, 5) is 0. The molecule has 0 unspecified atom stereocenters. The topological polar surface area (TPSA) is 18.5 Å². The first-order valence-corrected chi connectivity index (χ1v) is 8.80. The third-order valence-corrected chi connectivity index (χ3v) is 4.39. The van der Waals surface area contributed by atoms with Crippen molar-refractivity contribution in [2.45, 2.75) is 38.2 Å². The Labute approximate surface area is 153 Å². The van der Waals surface area contributed by atoms with Crippen LogP contribution in [0.25, 0.3) is 0 Å². The van der Waals surface area contributed by atoms with E-state index < -0.39 is 6.61 Å². The Morgan fingerprint density at radius 2 is 1.85 bits per heavy atom. The van der Waals surface area contributed by atoms with Crippen LogP contribution in [-0.2, 0) is 17.6 Å². The van der Waals surface area contributed by atoms with Crippen LogP contribution < -0.4 is 4.74 Å². The van der Waals surface area contributed by atoms with Gasteiger partial charge in [0.2, 0.25) is 0 Å². The van der Waals surface area contributed by atoms with Crippen LogP contribution in [0.1, 0.15) is 41.0 Å². The molecule has 1 fully saturated rings. The number of halogens is 2. The molecule has 0 N–H and O–H groups in total. The molecule has 136 valence electrons. The first kappa shape index (κ1) is 18.4. The van der Waals surface area contributed by atoms with E-state index in [1.807, 2.05) is 24.3 Å². The molecular weight excluding hydrogens is 334 g/mol. The third kappa shape index (κ3) is 5.31. The summed E-state index contributed by atoms with van der Waals surface area (Å²) in [5.74, 6) is 6.72. The van der Waals surface area contributed by atoms with Gasteiger partial charge in [0.1, 0.15) is 12.4 Å². The molecule has 0 saturated heterocycles. The molecule has 0 atom stereocenters. The van der Waals surface area contributed by atoms with Crippen molar-refractivity contribution in [2.75, 3.05) is 13.7 Å². The molecule has 0 bridgehead atoms. The number of benzene rings is 2. The lowest BCUT2D eigenvalue weighted by Gasteiger charge is -2.12. The van der Waals surface area contributed by atoms with Crippen LogP contribution in [0.15, 0.2) is 42.5 Å². The Morgan fingerprint density at radius 3 is 2.54 bits per heavy atom. The lowest BCUT2D eigenvalue weighted by molar-refractivity contribution is -0.0504. The zero-order chi connectivity index (χ0) is 18.4. The molecule has 1 saturated carbocycles. The van der Waals surface area contributed by atoms with Crippen LogP contribution in [0, 0.1) is 11.8 Å². The van der Waals surface area contributed by atoms with Gasteiger partial charge in [-0.3, -0.25) is 0 Å². The van der Waals surface area contributed by atoms with Gasteiger partial charge in [-0.25, -0.2) is 0 Å². The molecule has 4 heteroatoms. The fraction of sp³-hybridized carbons (Fsp3) is 0.364. The van der Waals surface area contributed by atoms with E-state index in [1.54, 1.807) is 13.2 Å². The average Bonchev–Trinajstić information content (AvgIpc) is 3.46. The highest BCUT2D eigenvalue weighted by atomic mass is 19.3. The highest BCUT2D eigenvalue weighted by Crippen LogP contribution is 2.45. The monoisotopic (exact) mass is 356 g/mol. The van der Waals surface area contributed by atoms with Gasteiger partial charge >= 0.3 is 6.61 Å². The SMILES string of the molecule is COCC#Cc1cccc(CCc2ccc(OC(F)F)c(C3CC3)c2)c1. The Hall–Kier alpha value is -2.38. The summed E-state index contributed by atoms with van der Waals surface area (Å²) >= 11 is 0. The largest absolute Gasteiger partial charge is 0.435 e. The first-order valence-electron chi connectivity index (χ1n) is 8.80. The summed E-state index contributed by atoms with van der Waals surface area (Å²) in [6, 6.07) is 13.7. The number of methoxy groups -OCH3 is 1. The van der Waals surface area contributed by atoms with Crippen molar-refractivity contribution in [1.29, 1.82) is 0 Å². The van der Waals surface area contributed by atoms with Crippen LogP contribution >= 0.6 is 0 Å². The molecule has 2 nitrogen and oxygen atoms in total. The fourth-order valence-electron chi connectivity index (χ4n) is 2.97. The van der Waals surface area contributed by atoms with Crippen LogP contribution in [0.2, 0.25) is 0 Å². The highest BCUT2D eigenvalue weighted by molar-refractivity contribution is 5.42. The second-order valence-electron chi connectivity index (χ2n) is 6.46. The minimum atomic E-state index is -2.78. The molecule has 0 aromatic heterocycles. The van der Waals surface area contributed by atoms with Crippen molar-refractivity contribution < 1.29 is 18.3 Å². The van der Waals surface area contributed by atoms with Gasteiger partial charge in [0.15, 0.2) is 0 Å². The normalized spacial score (nSPS) is 13.4. The Bertz CT molecular complexity index is 801. The molecule has 0 spiro atoms. The summed E-state index contributed by atoms with van der Waals surface area (Å²) in [6.07, 6.45) is 3.82. The summed E-state index contributed by atoms with van der Waals surface area (Å²) in [7, 11) is 1.62. The van der Waals surface area contributed by atoms with Crippen molar-refractivity contribution in [2.24, 2.45) is 0 Å². The van der Waals surface area contributed by atoms with Gasteiger partial charge in [-0.05, 0) is 66.5 Å². The van der Waals surface area contributed by atoms with Crippen LogP contribution in [0.3, 0.4) is 0 Å². The van der Waals surface area contributed by atoms with Crippen molar-refractivity contribution in [3.8, 4) is 17.6 Å². The average molecular weight is 356 g/mol. The maximum Gasteiger partial charge on any atom is 0.387 e. The number of alkyl halides is 2. The zero-order valence-corrected chi connectivity index (χ0v) is 14.8. The van der Waals surface area contributed by atoms with Crippen molar-refractivity contribution in [3.05, 3.63) is 64.7 Å². The van der Waals surface area contributed by atoms with Crippen LogP contribution in [0.4, 0.5) is 8.78 Å². The summed E-state index contributed by atoms with van der Waals surface area (Å²) in [5.41, 5.74) is 4.24. The van der Waals surface area contributed by atoms with Gasteiger partial charge in [-0.15, -0.1) is 0 Å². The van der Waals surface area contributed by atoms with E-state index in [4.69, 9.17) is 4.74 Å². The van der Waals surface area contributed by atoms with E-state index in [9.17, 15) is 8.78 Å². The lowest BCUT2D eigenvalue weighted by atomic mass is 9.99. The second-order valence-corrected chi connectivity index (χ2v) is 6.46. The highest BCUT2D eigenvalue weighted by Gasteiger charge is 2.27. The van der Waals surface area contributed by atoms with Crippen LogP contribution in [0.5, 0.6) is 5.75 Å². The van der Waals surface area contributed by atoms with Crippen molar-refractivity contribution >= 4 is 0 Å². The predicted molar refractivity (Wildman–Crippen MR) is 97.7 cm³/mol. The maximum atomic E-state index is 12.6. The predicted octanol–water partition coefficient (Wildman–Crippen LogP) is 4.95. The second kappa shape index (κ2) is 8.82. The van der Waals surface area contributed by atoms with E-state index in [1.165, 1.54) is 5.56 Å². The van der Waals surface area contributed by atoms with Gasteiger partial charge in [0, 0.05) is 12.7 Å². The molecule has 2 aromatic rings. The molecule has 2 aromatic carbocycles. The quantitative estimate of drug-likeness (QED) is 0.654. The van der Waals surface area contributed by atoms with Gasteiger partial charge in [0.25, 0.3) is 0 Å². The number of hydrogen-bond donors (Lipinski definition) is 0. The van der Waals surface area contributed by atoms with Crippen LogP contribution in [-0.4, -0.2) is 20.3 Å². The van der Waals surface area contributed by atoms with Gasteiger partial charge in [0.05, 0.1) is 0 Å². The smallest absolute Gasteiger partial charge is 0.387 e. The molecular formula is C22H22F2O2. The number of aryl methyl sites for hydroxylation is 2. The van der Waals surface area contributed by atoms with Gasteiger partial charge < -0.3 is 9.47 Å². The minimum Gasteiger partial charge on any atom is -0.435 e. The lowest BCUT2D eigenvalue weighted by Crippen LogP contribution is -2.05. The maximum absolute atomic E-state index is 12.6. The minimum absolute atomic E-state index is 0.321. The Balaban J connectivity index is 1.67. The van der Waals surface area contributed by atoms with E-state index in [2.05, 4.69) is 28.7 Å². The van der Waals surface area contributed by atoms with E-state index in [-0.39, 0.29) is 0 Å².